The smallest absolute Gasteiger partial charge is 0.180 e. The number of benzene rings is 1. The van der Waals surface area contributed by atoms with Crippen LogP contribution in [0, 0.1) is 12.3 Å². The van der Waals surface area contributed by atoms with Crippen LogP contribution in [0.4, 0.5) is 5.69 Å². The van der Waals surface area contributed by atoms with Gasteiger partial charge in [0.05, 0.1) is 22.1 Å². The molecular formula is C14H19NO2S2. The molecular weight excluding hydrogens is 278 g/mol. The van der Waals surface area contributed by atoms with E-state index in [-0.39, 0.29) is 5.75 Å². The number of rotatable bonds is 8. The Balaban J connectivity index is 2.72. The lowest BCUT2D eigenvalue weighted by Crippen LogP contribution is -2.12. The van der Waals surface area contributed by atoms with Crippen molar-refractivity contribution < 1.29 is 8.42 Å². The predicted molar refractivity (Wildman–Crippen MR) is 83.4 cm³/mol. The molecule has 0 heterocycles. The van der Waals surface area contributed by atoms with E-state index in [1.54, 1.807) is 30.0 Å². The number of anilines is 1. The summed E-state index contributed by atoms with van der Waals surface area (Å²) in [6.07, 6.45) is 5.79. The summed E-state index contributed by atoms with van der Waals surface area (Å²) in [6, 6.07) is 7.04. The predicted octanol–water partition coefficient (Wildman–Crippen LogP) is 2.65. The average molecular weight is 297 g/mol. The highest BCUT2D eigenvalue weighted by Crippen LogP contribution is 2.22. The van der Waals surface area contributed by atoms with Crippen LogP contribution in [0.1, 0.15) is 13.3 Å². The van der Waals surface area contributed by atoms with E-state index >= 15 is 0 Å². The Morgan fingerprint density at radius 3 is 2.79 bits per heavy atom. The zero-order chi connectivity index (χ0) is 14.1. The second-order valence-corrected chi connectivity index (χ2v) is 7.18. The number of thioether (sulfide) groups is 1. The zero-order valence-corrected chi connectivity index (χ0v) is 12.7. The van der Waals surface area contributed by atoms with E-state index in [9.17, 15) is 8.42 Å². The Kier molecular flexibility index (Phi) is 6.82. The van der Waals surface area contributed by atoms with Crippen molar-refractivity contribution in [3.63, 3.8) is 0 Å². The molecule has 0 amide bonds. The van der Waals surface area contributed by atoms with Crippen molar-refractivity contribution in [3.8, 4) is 12.3 Å². The molecule has 0 aromatic heterocycles. The first-order chi connectivity index (χ1) is 9.11. The highest BCUT2D eigenvalue weighted by atomic mass is 32.2. The van der Waals surface area contributed by atoms with Crippen LogP contribution in [0.2, 0.25) is 0 Å². The molecule has 0 saturated heterocycles. The molecule has 0 aliphatic carbocycles. The molecule has 0 aliphatic heterocycles. The minimum absolute atomic E-state index is 0.178. The minimum Gasteiger partial charge on any atom is -0.383 e. The van der Waals surface area contributed by atoms with Gasteiger partial charge in [-0.2, -0.15) is 0 Å². The minimum atomic E-state index is -3.19. The molecule has 1 rings (SSSR count). The maximum absolute atomic E-state index is 12.1. The van der Waals surface area contributed by atoms with E-state index in [2.05, 4.69) is 11.2 Å². The SMILES string of the molecule is C#CCSCCNc1ccccc1S(=O)(=O)CCC. The molecule has 0 saturated carbocycles. The van der Waals surface area contributed by atoms with Crippen LogP contribution >= 0.6 is 11.8 Å². The van der Waals surface area contributed by atoms with Crippen LogP contribution in [-0.4, -0.2) is 32.2 Å². The Morgan fingerprint density at radius 2 is 2.11 bits per heavy atom. The van der Waals surface area contributed by atoms with Crippen molar-refractivity contribution in [2.75, 3.05) is 29.1 Å². The van der Waals surface area contributed by atoms with E-state index in [0.717, 1.165) is 5.75 Å². The van der Waals surface area contributed by atoms with E-state index in [0.29, 0.717) is 29.3 Å². The van der Waals surface area contributed by atoms with Crippen LogP contribution < -0.4 is 5.32 Å². The van der Waals surface area contributed by atoms with E-state index in [1.165, 1.54) is 0 Å². The number of para-hydroxylation sites is 1. The normalized spacial score (nSPS) is 10.9. The second-order valence-electron chi connectivity index (χ2n) is 4.00. The van der Waals surface area contributed by atoms with Crippen molar-refractivity contribution in [2.45, 2.75) is 18.2 Å². The molecule has 1 aromatic rings. The first-order valence-electron chi connectivity index (χ1n) is 6.18. The third kappa shape index (κ3) is 5.17. The van der Waals surface area contributed by atoms with Crippen molar-refractivity contribution >= 4 is 27.3 Å². The van der Waals surface area contributed by atoms with Crippen LogP contribution in [0.5, 0.6) is 0 Å². The molecule has 0 bridgehead atoms. The third-order valence-electron chi connectivity index (χ3n) is 2.44. The van der Waals surface area contributed by atoms with Gasteiger partial charge in [0.1, 0.15) is 0 Å². The topological polar surface area (TPSA) is 46.2 Å². The molecule has 1 N–H and O–H groups in total. The first-order valence-corrected chi connectivity index (χ1v) is 8.99. The van der Waals surface area contributed by atoms with Gasteiger partial charge in [0, 0.05) is 12.3 Å². The van der Waals surface area contributed by atoms with E-state index in [4.69, 9.17) is 6.42 Å². The number of hydrogen-bond acceptors (Lipinski definition) is 4. The molecule has 0 unspecified atom stereocenters. The monoisotopic (exact) mass is 297 g/mol. The molecule has 104 valence electrons. The van der Waals surface area contributed by atoms with Gasteiger partial charge in [0.2, 0.25) is 0 Å². The van der Waals surface area contributed by atoms with Gasteiger partial charge >= 0.3 is 0 Å². The number of terminal acetylenes is 1. The summed E-state index contributed by atoms with van der Waals surface area (Å²) >= 11 is 1.65. The maximum atomic E-state index is 12.1. The molecule has 0 spiro atoms. The molecule has 3 nitrogen and oxygen atoms in total. The van der Waals surface area contributed by atoms with Gasteiger partial charge in [-0.15, -0.1) is 18.2 Å². The van der Waals surface area contributed by atoms with Gasteiger partial charge < -0.3 is 5.32 Å². The van der Waals surface area contributed by atoms with Crippen molar-refractivity contribution in [1.29, 1.82) is 0 Å². The quantitative estimate of drug-likeness (QED) is 0.592. The molecule has 0 aliphatic rings. The molecule has 0 atom stereocenters. The lowest BCUT2D eigenvalue weighted by molar-refractivity contribution is 0.595. The van der Waals surface area contributed by atoms with Crippen LogP contribution in [0.15, 0.2) is 29.2 Å². The van der Waals surface area contributed by atoms with Crippen LogP contribution in [0.25, 0.3) is 0 Å². The second kappa shape index (κ2) is 8.13. The summed E-state index contributed by atoms with van der Waals surface area (Å²) in [5.41, 5.74) is 0.678. The zero-order valence-electron chi connectivity index (χ0n) is 11.1. The van der Waals surface area contributed by atoms with Crippen LogP contribution in [-0.2, 0) is 9.84 Å². The fraction of sp³-hybridized carbons (Fsp3) is 0.429. The fourth-order valence-corrected chi connectivity index (χ4v) is 3.68. The summed E-state index contributed by atoms with van der Waals surface area (Å²) in [6.45, 7) is 2.56. The number of nitrogens with one attached hydrogen (secondary N) is 1. The van der Waals surface area contributed by atoms with Gasteiger partial charge in [-0.25, -0.2) is 8.42 Å². The summed E-state index contributed by atoms with van der Waals surface area (Å²) < 4.78 is 24.2. The molecule has 0 fully saturated rings. The Labute approximate surface area is 120 Å². The van der Waals surface area contributed by atoms with Gasteiger partial charge in [-0.1, -0.05) is 25.0 Å². The van der Waals surface area contributed by atoms with Crippen molar-refractivity contribution in [1.82, 2.24) is 0 Å². The third-order valence-corrected chi connectivity index (χ3v) is 5.28. The van der Waals surface area contributed by atoms with Gasteiger partial charge in [-0.3, -0.25) is 0 Å². The summed E-state index contributed by atoms with van der Waals surface area (Å²) in [5.74, 6) is 4.27. The molecule has 1 aromatic carbocycles. The van der Waals surface area contributed by atoms with Gasteiger partial charge in [0.15, 0.2) is 9.84 Å². The fourth-order valence-electron chi connectivity index (χ4n) is 1.65. The highest BCUT2D eigenvalue weighted by molar-refractivity contribution is 7.99. The number of sulfone groups is 1. The molecule has 0 radical (unpaired) electrons. The standard InChI is InChI=1S/C14H19NO2S2/c1-3-10-18-11-9-15-13-7-5-6-8-14(13)19(16,17)12-4-2/h1,5-8,15H,4,9-12H2,2H3. The summed E-state index contributed by atoms with van der Waals surface area (Å²) in [4.78, 5) is 0.388. The van der Waals surface area contributed by atoms with E-state index < -0.39 is 9.84 Å². The lowest BCUT2D eigenvalue weighted by Gasteiger charge is -2.11. The largest absolute Gasteiger partial charge is 0.383 e. The Bertz CT molecular complexity index is 533. The van der Waals surface area contributed by atoms with Crippen molar-refractivity contribution in [2.24, 2.45) is 0 Å². The van der Waals surface area contributed by atoms with E-state index in [1.807, 2.05) is 13.0 Å². The molecule has 5 heteroatoms. The maximum Gasteiger partial charge on any atom is 0.180 e. The summed E-state index contributed by atoms with van der Waals surface area (Å²) in [5, 5.41) is 3.17. The van der Waals surface area contributed by atoms with Crippen LogP contribution in [0.3, 0.4) is 0 Å². The first kappa shape index (κ1) is 15.9. The average Bonchev–Trinajstić information content (AvgIpc) is 2.39. The molecule has 19 heavy (non-hydrogen) atoms. The Hall–Kier alpha value is -1.12. The summed E-state index contributed by atoms with van der Waals surface area (Å²) in [7, 11) is -3.19. The van der Waals surface area contributed by atoms with Crippen molar-refractivity contribution in [3.05, 3.63) is 24.3 Å². The number of hydrogen-bond donors (Lipinski definition) is 1. The lowest BCUT2D eigenvalue weighted by atomic mass is 10.3. The van der Waals surface area contributed by atoms with Gasteiger partial charge in [0.25, 0.3) is 0 Å². The highest BCUT2D eigenvalue weighted by Gasteiger charge is 2.16. The van der Waals surface area contributed by atoms with Gasteiger partial charge in [-0.05, 0) is 18.6 Å². The Morgan fingerprint density at radius 1 is 1.37 bits per heavy atom.